The molecule has 0 radical (unpaired) electrons. The maximum atomic E-state index is 12.9. The highest BCUT2D eigenvalue weighted by Crippen LogP contribution is 2.45. The van der Waals surface area contributed by atoms with E-state index in [1.54, 1.807) is 0 Å². The smallest absolute Gasteiger partial charge is 0.136 e. The number of aliphatic hydroxyl groups is 1. The lowest BCUT2D eigenvalue weighted by Crippen LogP contribution is -2.45. The lowest BCUT2D eigenvalue weighted by atomic mass is 9.75. The van der Waals surface area contributed by atoms with Crippen LogP contribution in [0, 0.1) is 0 Å². The van der Waals surface area contributed by atoms with Crippen LogP contribution in [0.3, 0.4) is 0 Å². The highest BCUT2D eigenvalue weighted by Gasteiger charge is 2.42. The molecule has 0 aliphatic carbocycles. The van der Waals surface area contributed by atoms with E-state index in [1.165, 1.54) is 51.4 Å². The van der Waals surface area contributed by atoms with E-state index in [2.05, 4.69) is 79.7 Å². The van der Waals surface area contributed by atoms with Gasteiger partial charge in [0.1, 0.15) is 17.1 Å². The predicted octanol–water partition coefficient (Wildman–Crippen LogP) is 10.3. The molecule has 2 rings (SSSR count). The van der Waals surface area contributed by atoms with Gasteiger partial charge in [0.2, 0.25) is 0 Å². The first-order valence-electron chi connectivity index (χ1n) is 17.3. The highest BCUT2D eigenvalue weighted by atomic mass is 16.5. The van der Waals surface area contributed by atoms with Crippen molar-refractivity contribution in [1.82, 2.24) is 0 Å². The van der Waals surface area contributed by atoms with Crippen molar-refractivity contribution in [2.45, 2.75) is 162 Å². The third-order valence-electron chi connectivity index (χ3n) is 8.68. The average Bonchev–Trinajstić information content (AvgIpc) is 2.94. The van der Waals surface area contributed by atoms with Crippen molar-refractivity contribution in [3.8, 4) is 11.5 Å². The summed E-state index contributed by atoms with van der Waals surface area (Å²) in [6.45, 7) is 20.8. The van der Waals surface area contributed by atoms with Crippen LogP contribution in [0.5, 0.6) is 11.5 Å². The molecule has 1 atom stereocenters. The third-order valence-corrected chi connectivity index (χ3v) is 8.68. The molecular formula is C39H65NO3. The SMILES string of the molecule is CCCCCCCCOc1ccc(C(C)(C)C)cc1C(O)(c1cc(C(C)(C)C)ccc1OCCCCCCCC)[C@@H](C)N. The van der Waals surface area contributed by atoms with E-state index in [0.717, 1.165) is 47.9 Å². The Kier molecular flexibility index (Phi) is 15.1. The zero-order valence-electron chi connectivity index (χ0n) is 29.3. The van der Waals surface area contributed by atoms with Crippen LogP contribution in [0.1, 0.15) is 162 Å². The van der Waals surface area contributed by atoms with Gasteiger partial charge in [-0.15, -0.1) is 0 Å². The lowest BCUT2D eigenvalue weighted by Gasteiger charge is -2.37. The minimum absolute atomic E-state index is 0.102. The normalized spacial score (nSPS) is 13.3. The maximum Gasteiger partial charge on any atom is 0.136 e. The minimum atomic E-state index is -1.50. The van der Waals surface area contributed by atoms with Gasteiger partial charge in [-0.3, -0.25) is 0 Å². The van der Waals surface area contributed by atoms with Gasteiger partial charge in [0.25, 0.3) is 0 Å². The number of benzene rings is 2. The van der Waals surface area contributed by atoms with Gasteiger partial charge in [-0.05, 0) is 66.0 Å². The molecule has 0 spiro atoms. The quantitative estimate of drug-likeness (QED) is 0.159. The van der Waals surface area contributed by atoms with Gasteiger partial charge >= 0.3 is 0 Å². The number of hydrogen-bond acceptors (Lipinski definition) is 4. The topological polar surface area (TPSA) is 64.7 Å². The molecule has 0 heterocycles. The fourth-order valence-corrected chi connectivity index (χ4v) is 5.61. The summed E-state index contributed by atoms with van der Waals surface area (Å²) in [7, 11) is 0. The molecule has 0 saturated carbocycles. The van der Waals surface area contributed by atoms with Crippen molar-refractivity contribution in [2.75, 3.05) is 13.2 Å². The van der Waals surface area contributed by atoms with Gasteiger partial charge < -0.3 is 20.3 Å². The number of rotatable bonds is 19. The van der Waals surface area contributed by atoms with Crippen molar-refractivity contribution in [1.29, 1.82) is 0 Å². The van der Waals surface area contributed by atoms with Crippen LogP contribution in [0.25, 0.3) is 0 Å². The van der Waals surface area contributed by atoms with Crippen LogP contribution in [0.2, 0.25) is 0 Å². The summed E-state index contributed by atoms with van der Waals surface area (Å²) in [6, 6.07) is 11.9. The Morgan fingerprint density at radius 1 is 0.605 bits per heavy atom. The predicted molar refractivity (Wildman–Crippen MR) is 185 cm³/mol. The first-order valence-corrected chi connectivity index (χ1v) is 17.3. The molecule has 0 amide bonds. The number of ether oxygens (including phenoxy) is 2. The summed E-state index contributed by atoms with van der Waals surface area (Å²) in [5.41, 5.74) is 8.77. The summed E-state index contributed by atoms with van der Waals surface area (Å²) >= 11 is 0. The van der Waals surface area contributed by atoms with Gasteiger partial charge in [0, 0.05) is 17.2 Å². The fraction of sp³-hybridized carbons (Fsp3) is 0.692. The van der Waals surface area contributed by atoms with Gasteiger partial charge in [0.05, 0.1) is 13.2 Å². The molecule has 0 aliphatic heterocycles. The molecule has 2 aromatic rings. The molecule has 2 aromatic carbocycles. The lowest BCUT2D eigenvalue weighted by molar-refractivity contribution is 0.0509. The summed E-state index contributed by atoms with van der Waals surface area (Å²) in [6.07, 6.45) is 14.4. The molecule has 4 nitrogen and oxygen atoms in total. The zero-order chi connectivity index (χ0) is 32.1. The van der Waals surface area contributed by atoms with Gasteiger partial charge in [-0.25, -0.2) is 0 Å². The number of hydrogen-bond donors (Lipinski definition) is 2. The van der Waals surface area contributed by atoms with E-state index >= 15 is 0 Å². The summed E-state index contributed by atoms with van der Waals surface area (Å²) in [5.74, 6) is 1.40. The maximum absolute atomic E-state index is 12.9. The van der Waals surface area contributed by atoms with E-state index < -0.39 is 11.6 Å². The Morgan fingerprint density at radius 3 is 1.28 bits per heavy atom. The third kappa shape index (κ3) is 11.1. The highest BCUT2D eigenvalue weighted by molar-refractivity contribution is 5.54. The average molecular weight is 596 g/mol. The molecule has 244 valence electrons. The number of nitrogens with two attached hydrogens (primary N) is 1. The van der Waals surface area contributed by atoms with Gasteiger partial charge in [-0.2, -0.15) is 0 Å². The van der Waals surface area contributed by atoms with E-state index in [0.29, 0.717) is 24.7 Å². The summed E-state index contributed by atoms with van der Waals surface area (Å²) in [5, 5.41) is 12.9. The molecular weight excluding hydrogens is 530 g/mol. The second kappa shape index (κ2) is 17.4. The van der Waals surface area contributed by atoms with Crippen LogP contribution in [0.4, 0.5) is 0 Å². The molecule has 0 fully saturated rings. The second-order valence-corrected chi connectivity index (χ2v) is 14.7. The minimum Gasteiger partial charge on any atom is -0.493 e. The van der Waals surface area contributed by atoms with Gasteiger partial charge in [0.15, 0.2) is 0 Å². The van der Waals surface area contributed by atoms with E-state index in [9.17, 15) is 5.11 Å². The molecule has 0 saturated heterocycles. The molecule has 3 N–H and O–H groups in total. The Morgan fingerprint density at radius 2 is 0.953 bits per heavy atom. The van der Waals surface area contributed by atoms with Crippen LogP contribution in [0.15, 0.2) is 36.4 Å². The first kappa shape index (κ1) is 37.1. The van der Waals surface area contributed by atoms with E-state index in [4.69, 9.17) is 15.2 Å². The Balaban J connectivity index is 2.53. The van der Waals surface area contributed by atoms with E-state index in [-0.39, 0.29) is 10.8 Å². The van der Waals surface area contributed by atoms with Crippen LogP contribution in [-0.2, 0) is 16.4 Å². The molecule has 0 aliphatic rings. The summed E-state index contributed by atoms with van der Waals surface area (Å²) in [4.78, 5) is 0. The van der Waals surface area contributed by atoms with Crippen LogP contribution < -0.4 is 15.2 Å². The molecule has 4 heteroatoms. The van der Waals surface area contributed by atoms with Crippen LogP contribution in [-0.4, -0.2) is 24.4 Å². The summed E-state index contributed by atoms with van der Waals surface area (Å²) < 4.78 is 12.9. The monoisotopic (exact) mass is 595 g/mol. The number of unbranched alkanes of at least 4 members (excludes halogenated alkanes) is 10. The molecule has 43 heavy (non-hydrogen) atoms. The Bertz CT molecular complexity index is 997. The fourth-order valence-electron chi connectivity index (χ4n) is 5.61. The molecule has 0 aromatic heterocycles. The Labute approximate surface area is 265 Å². The van der Waals surface area contributed by atoms with Crippen molar-refractivity contribution in [3.63, 3.8) is 0 Å². The Hall–Kier alpha value is -2.04. The van der Waals surface area contributed by atoms with Gasteiger partial charge in [-0.1, -0.05) is 132 Å². The molecule has 0 bridgehead atoms. The zero-order valence-corrected chi connectivity index (χ0v) is 29.3. The van der Waals surface area contributed by atoms with Crippen molar-refractivity contribution in [2.24, 2.45) is 5.73 Å². The van der Waals surface area contributed by atoms with E-state index in [1.807, 2.05) is 19.1 Å². The van der Waals surface area contributed by atoms with Crippen molar-refractivity contribution >= 4 is 0 Å². The molecule has 0 unspecified atom stereocenters. The largest absolute Gasteiger partial charge is 0.493 e. The van der Waals surface area contributed by atoms with Crippen molar-refractivity contribution in [3.05, 3.63) is 58.7 Å². The second-order valence-electron chi connectivity index (χ2n) is 14.7. The van der Waals surface area contributed by atoms with Crippen LogP contribution >= 0.6 is 0 Å². The first-order chi connectivity index (χ1) is 20.3. The standard InChI is InChI=1S/C39H65NO3/c1-10-12-14-16-18-20-26-42-35-24-22-31(37(4,5)6)28-33(35)39(41,30(3)40)34-29-32(38(7,8)9)23-25-36(34)43-27-21-19-17-15-13-11-2/h22-25,28-30,41H,10-21,26-27,40H2,1-9H3/t30-/m1/s1. The van der Waals surface area contributed by atoms with Crippen molar-refractivity contribution < 1.29 is 14.6 Å².